The molecule has 0 saturated carbocycles. The molecule has 3 amide bonds. The van der Waals surface area contributed by atoms with Crippen molar-refractivity contribution in [2.24, 2.45) is 0 Å². The molecular formula is C16H18N6O5. The molecule has 142 valence electrons. The smallest absolute Gasteiger partial charge is 0.409 e. The fraction of sp³-hybridized carbons (Fsp3) is 0.375. The standard InChI is InChI=1S/C16H18N6O5/c1-2-26-16(25)22-7-5-21(6-8-22)14(24)12-10-27-15(19-12)20-13(23)11-9-17-3-4-18-11/h3-4,9-10H,2,5-8H2,1H3,(H,19,20,23). The largest absolute Gasteiger partial charge is 0.450 e. The van der Waals surface area contributed by atoms with Crippen LogP contribution in [-0.4, -0.2) is 75.4 Å². The molecular weight excluding hydrogens is 356 g/mol. The Hall–Kier alpha value is -3.50. The molecule has 2 aromatic heterocycles. The van der Waals surface area contributed by atoms with Gasteiger partial charge in [-0.25, -0.2) is 9.78 Å². The fourth-order valence-electron chi connectivity index (χ4n) is 2.48. The van der Waals surface area contributed by atoms with Crippen LogP contribution in [0.25, 0.3) is 0 Å². The number of aromatic nitrogens is 3. The molecule has 1 fully saturated rings. The molecule has 0 spiro atoms. The molecule has 0 atom stereocenters. The van der Waals surface area contributed by atoms with E-state index < -0.39 is 5.91 Å². The van der Waals surface area contributed by atoms with Gasteiger partial charge in [0.25, 0.3) is 11.8 Å². The van der Waals surface area contributed by atoms with Gasteiger partial charge in [-0.1, -0.05) is 0 Å². The van der Waals surface area contributed by atoms with Gasteiger partial charge in [0, 0.05) is 38.6 Å². The Morgan fingerprint density at radius 1 is 1.15 bits per heavy atom. The quantitative estimate of drug-likeness (QED) is 0.824. The molecule has 3 heterocycles. The number of anilines is 1. The van der Waals surface area contributed by atoms with Gasteiger partial charge in [-0.05, 0) is 6.92 Å². The minimum atomic E-state index is -0.549. The number of ether oxygens (including phenoxy) is 1. The molecule has 0 radical (unpaired) electrons. The number of amides is 3. The summed E-state index contributed by atoms with van der Waals surface area (Å²) >= 11 is 0. The maximum Gasteiger partial charge on any atom is 0.409 e. The minimum Gasteiger partial charge on any atom is -0.450 e. The Labute approximate surface area is 154 Å². The lowest BCUT2D eigenvalue weighted by Crippen LogP contribution is -2.50. The van der Waals surface area contributed by atoms with E-state index in [4.69, 9.17) is 9.15 Å². The average molecular weight is 374 g/mol. The molecule has 1 saturated heterocycles. The summed E-state index contributed by atoms with van der Waals surface area (Å²) in [4.78, 5) is 50.9. The second kappa shape index (κ2) is 8.25. The van der Waals surface area contributed by atoms with Crippen LogP contribution >= 0.6 is 0 Å². The van der Waals surface area contributed by atoms with Crippen LogP contribution in [0.1, 0.15) is 27.9 Å². The number of hydrogen-bond acceptors (Lipinski definition) is 8. The highest BCUT2D eigenvalue weighted by atomic mass is 16.6. The van der Waals surface area contributed by atoms with Crippen molar-refractivity contribution in [1.29, 1.82) is 0 Å². The highest BCUT2D eigenvalue weighted by Crippen LogP contribution is 2.13. The van der Waals surface area contributed by atoms with Crippen LogP contribution in [0.3, 0.4) is 0 Å². The van der Waals surface area contributed by atoms with Crippen molar-refractivity contribution >= 4 is 23.9 Å². The lowest BCUT2D eigenvalue weighted by atomic mass is 10.3. The summed E-state index contributed by atoms with van der Waals surface area (Å²) in [5.41, 5.74) is 0.160. The van der Waals surface area contributed by atoms with Gasteiger partial charge < -0.3 is 19.0 Å². The highest BCUT2D eigenvalue weighted by Gasteiger charge is 2.27. The van der Waals surface area contributed by atoms with Crippen LogP contribution in [-0.2, 0) is 4.74 Å². The van der Waals surface area contributed by atoms with Crippen molar-refractivity contribution in [3.8, 4) is 0 Å². The van der Waals surface area contributed by atoms with Crippen molar-refractivity contribution in [2.75, 3.05) is 38.1 Å². The Bertz CT molecular complexity index is 816. The zero-order valence-corrected chi connectivity index (χ0v) is 14.6. The summed E-state index contributed by atoms with van der Waals surface area (Å²) < 4.78 is 10.1. The molecule has 11 nitrogen and oxygen atoms in total. The van der Waals surface area contributed by atoms with Crippen LogP contribution in [0.4, 0.5) is 10.8 Å². The van der Waals surface area contributed by atoms with Gasteiger partial charge in [0.15, 0.2) is 5.69 Å². The number of rotatable bonds is 4. The molecule has 3 rings (SSSR count). The molecule has 1 aliphatic rings. The lowest BCUT2D eigenvalue weighted by Gasteiger charge is -2.33. The van der Waals surface area contributed by atoms with E-state index in [9.17, 15) is 14.4 Å². The third-order valence-corrected chi connectivity index (χ3v) is 3.83. The molecule has 11 heteroatoms. The van der Waals surface area contributed by atoms with E-state index in [-0.39, 0.29) is 29.4 Å². The number of carbonyl (C=O) groups is 3. The van der Waals surface area contributed by atoms with Crippen LogP contribution in [0.5, 0.6) is 0 Å². The Morgan fingerprint density at radius 2 is 1.89 bits per heavy atom. The predicted molar refractivity (Wildman–Crippen MR) is 91.0 cm³/mol. The maximum absolute atomic E-state index is 12.5. The van der Waals surface area contributed by atoms with Crippen molar-refractivity contribution < 1.29 is 23.5 Å². The third kappa shape index (κ3) is 4.37. The van der Waals surface area contributed by atoms with Gasteiger partial charge in [0.2, 0.25) is 0 Å². The molecule has 0 bridgehead atoms. The first-order valence-electron chi connectivity index (χ1n) is 8.32. The van der Waals surface area contributed by atoms with E-state index in [1.807, 2.05) is 0 Å². The zero-order valence-electron chi connectivity index (χ0n) is 14.6. The Balaban J connectivity index is 1.56. The molecule has 1 aliphatic heterocycles. The molecule has 2 aromatic rings. The summed E-state index contributed by atoms with van der Waals surface area (Å²) in [7, 11) is 0. The van der Waals surface area contributed by atoms with Crippen LogP contribution in [0, 0.1) is 0 Å². The number of carbonyl (C=O) groups excluding carboxylic acids is 3. The lowest BCUT2D eigenvalue weighted by molar-refractivity contribution is 0.0566. The fourth-order valence-corrected chi connectivity index (χ4v) is 2.48. The second-order valence-corrected chi connectivity index (χ2v) is 5.56. The Kier molecular flexibility index (Phi) is 5.59. The average Bonchev–Trinajstić information content (AvgIpc) is 3.17. The molecule has 27 heavy (non-hydrogen) atoms. The second-order valence-electron chi connectivity index (χ2n) is 5.56. The normalized spacial score (nSPS) is 14.0. The van der Waals surface area contributed by atoms with E-state index in [0.717, 1.165) is 0 Å². The predicted octanol–water partition coefficient (Wildman–Crippen LogP) is 0.631. The first-order chi connectivity index (χ1) is 13.1. The van der Waals surface area contributed by atoms with Crippen molar-refractivity contribution in [3.05, 3.63) is 36.2 Å². The van der Waals surface area contributed by atoms with E-state index in [2.05, 4.69) is 20.3 Å². The monoisotopic (exact) mass is 374 g/mol. The van der Waals surface area contributed by atoms with Crippen molar-refractivity contribution in [2.45, 2.75) is 6.92 Å². The van der Waals surface area contributed by atoms with Gasteiger partial charge >= 0.3 is 12.1 Å². The van der Waals surface area contributed by atoms with Gasteiger partial charge in [0.1, 0.15) is 12.0 Å². The first kappa shape index (κ1) is 18.3. The zero-order chi connectivity index (χ0) is 19.2. The number of piperazine rings is 1. The molecule has 0 unspecified atom stereocenters. The number of oxazole rings is 1. The van der Waals surface area contributed by atoms with Crippen LogP contribution < -0.4 is 5.32 Å². The van der Waals surface area contributed by atoms with E-state index in [0.29, 0.717) is 32.8 Å². The van der Waals surface area contributed by atoms with Crippen molar-refractivity contribution in [3.63, 3.8) is 0 Å². The van der Waals surface area contributed by atoms with Gasteiger partial charge in [0.05, 0.1) is 12.8 Å². The summed E-state index contributed by atoms with van der Waals surface area (Å²) in [6.07, 6.45) is 4.91. The third-order valence-electron chi connectivity index (χ3n) is 3.83. The van der Waals surface area contributed by atoms with E-state index in [1.54, 1.807) is 16.7 Å². The molecule has 0 aliphatic carbocycles. The van der Waals surface area contributed by atoms with Gasteiger partial charge in [-0.3, -0.25) is 19.9 Å². The summed E-state index contributed by atoms with van der Waals surface area (Å²) in [5, 5.41) is 2.41. The minimum absolute atomic E-state index is 0.0639. The number of nitrogens with zero attached hydrogens (tertiary/aromatic N) is 5. The number of nitrogens with one attached hydrogen (secondary N) is 1. The summed E-state index contributed by atoms with van der Waals surface area (Å²) in [5.74, 6) is -0.894. The first-order valence-corrected chi connectivity index (χ1v) is 8.32. The highest BCUT2D eigenvalue weighted by molar-refractivity contribution is 6.01. The summed E-state index contributed by atoms with van der Waals surface area (Å²) in [6.45, 7) is 3.50. The molecule has 1 N–H and O–H groups in total. The van der Waals surface area contributed by atoms with Crippen LogP contribution in [0.2, 0.25) is 0 Å². The van der Waals surface area contributed by atoms with E-state index >= 15 is 0 Å². The SMILES string of the molecule is CCOC(=O)N1CCN(C(=O)c2coc(NC(=O)c3cnccn3)n2)CC1. The van der Waals surface area contributed by atoms with Crippen molar-refractivity contribution in [1.82, 2.24) is 24.8 Å². The van der Waals surface area contributed by atoms with Gasteiger partial charge in [-0.15, -0.1) is 0 Å². The maximum atomic E-state index is 12.5. The van der Waals surface area contributed by atoms with Gasteiger partial charge in [-0.2, -0.15) is 4.98 Å². The summed E-state index contributed by atoms with van der Waals surface area (Å²) in [6, 6.07) is -0.112. The number of hydrogen-bond donors (Lipinski definition) is 1. The van der Waals surface area contributed by atoms with E-state index in [1.165, 1.54) is 24.9 Å². The van der Waals surface area contributed by atoms with Crippen LogP contribution in [0.15, 0.2) is 29.3 Å². The Morgan fingerprint density at radius 3 is 2.56 bits per heavy atom. The molecule has 0 aromatic carbocycles. The topological polar surface area (TPSA) is 131 Å².